The van der Waals surface area contributed by atoms with Crippen LogP contribution in [0.2, 0.25) is 0 Å². The van der Waals surface area contributed by atoms with Crippen LogP contribution >= 0.6 is 15.9 Å². The molecule has 0 aliphatic heterocycles. The summed E-state index contributed by atoms with van der Waals surface area (Å²) >= 11 is 3.20. The summed E-state index contributed by atoms with van der Waals surface area (Å²) in [6.45, 7) is 0. The van der Waals surface area contributed by atoms with Crippen molar-refractivity contribution in [2.24, 2.45) is 5.10 Å². The van der Waals surface area contributed by atoms with Crippen LogP contribution in [-0.2, 0) is 0 Å². The van der Waals surface area contributed by atoms with Gasteiger partial charge in [-0.1, -0.05) is 30.3 Å². The molecule has 0 radical (unpaired) electrons. The molecule has 0 fully saturated rings. The minimum absolute atomic E-state index is 0.0758. The number of halogens is 1. The molecule has 6 heteroatoms. The molecule has 0 aromatic heterocycles. The molecule has 3 rings (SSSR count). The predicted molar refractivity (Wildman–Crippen MR) is 96.5 cm³/mol. The van der Waals surface area contributed by atoms with E-state index in [1.54, 1.807) is 36.4 Å². The zero-order valence-electron chi connectivity index (χ0n) is 12.4. The highest BCUT2D eigenvalue weighted by atomic mass is 79.9. The van der Waals surface area contributed by atoms with E-state index in [0.717, 1.165) is 5.39 Å². The van der Waals surface area contributed by atoms with Crippen molar-refractivity contribution in [3.05, 3.63) is 70.2 Å². The Kier molecular flexibility index (Phi) is 4.48. The van der Waals surface area contributed by atoms with Gasteiger partial charge in [0.2, 0.25) is 0 Å². The third kappa shape index (κ3) is 3.23. The molecule has 3 aromatic carbocycles. The summed E-state index contributed by atoms with van der Waals surface area (Å²) in [7, 11) is 0. The second-order valence-corrected chi connectivity index (χ2v) is 5.95. The van der Waals surface area contributed by atoms with E-state index in [-0.39, 0.29) is 17.1 Å². The van der Waals surface area contributed by atoms with Gasteiger partial charge in [-0.15, -0.1) is 0 Å². The van der Waals surface area contributed by atoms with E-state index in [2.05, 4.69) is 26.5 Å². The Morgan fingerprint density at radius 1 is 1.08 bits per heavy atom. The second kappa shape index (κ2) is 6.72. The molecular weight excluding hydrogens is 372 g/mol. The molecule has 3 aromatic rings. The second-order valence-electron chi connectivity index (χ2n) is 5.09. The minimum Gasteiger partial charge on any atom is -0.507 e. The number of carbonyl (C=O) groups is 1. The van der Waals surface area contributed by atoms with Crippen LogP contribution in [0.25, 0.3) is 10.8 Å². The van der Waals surface area contributed by atoms with Gasteiger partial charge in [-0.05, 0) is 51.1 Å². The van der Waals surface area contributed by atoms with Crippen molar-refractivity contribution in [2.75, 3.05) is 0 Å². The van der Waals surface area contributed by atoms with Crippen LogP contribution in [0.4, 0.5) is 0 Å². The number of fused-ring (bicyclic) bond motifs is 1. The van der Waals surface area contributed by atoms with E-state index in [9.17, 15) is 15.0 Å². The standard InChI is InChI=1S/C18H13BrN2O3/c19-15-9-11(5-8-16(15)22)10-20-21-18(24)14-7-6-12-3-1-2-4-13(12)17(14)23/h1-10,22-23H,(H,21,24)/b20-10-. The lowest BCUT2D eigenvalue weighted by atomic mass is 10.1. The van der Waals surface area contributed by atoms with Crippen LogP contribution in [0.3, 0.4) is 0 Å². The maximum atomic E-state index is 12.2. The Hall–Kier alpha value is -2.86. The number of hydrazone groups is 1. The summed E-state index contributed by atoms with van der Waals surface area (Å²) in [6.07, 6.45) is 1.44. The number of hydrogen-bond acceptors (Lipinski definition) is 4. The smallest absolute Gasteiger partial charge is 0.275 e. The number of hydrogen-bond donors (Lipinski definition) is 3. The molecule has 3 N–H and O–H groups in total. The molecule has 0 aliphatic carbocycles. The van der Waals surface area contributed by atoms with Gasteiger partial charge >= 0.3 is 0 Å². The average Bonchev–Trinajstić information content (AvgIpc) is 2.58. The van der Waals surface area contributed by atoms with E-state index in [1.165, 1.54) is 12.3 Å². The maximum absolute atomic E-state index is 12.2. The topological polar surface area (TPSA) is 81.9 Å². The number of amides is 1. The van der Waals surface area contributed by atoms with E-state index < -0.39 is 5.91 Å². The number of nitrogens with one attached hydrogen (secondary N) is 1. The quantitative estimate of drug-likeness (QED) is 0.474. The minimum atomic E-state index is -0.507. The van der Waals surface area contributed by atoms with Crippen molar-refractivity contribution in [3.8, 4) is 11.5 Å². The lowest BCUT2D eigenvalue weighted by Crippen LogP contribution is -2.17. The van der Waals surface area contributed by atoms with Crippen molar-refractivity contribution in [1.82, 2.24) is 5.43 Å². The van der Waals surface area contributed by atoms with E-state index in [4.69, 9.17) is 0 Å². The molecule has 0 saturated heterocycles. The summed E-state index contributed by atoms with van der Waals surface area (Å²) in [4.78, 5) is 12.2. The Balaban J connectivity index is 1.78. The highest BCUT2D eigenvalue weighted by Crippen LogP contribution is 2.28. The number of carbonyl (C=O) groups excluding carboxylic acids is 1. The maximum Gasteiger partial charge on any atom is 0.275 e. The van der Waals surface area contributed by atoms with Crippen LogP contribution in [0.15, 0.2) is 64.2 Å². The monoisotopic (exact) mass is 384 g/mol. The number of phenolic OH excluding ortho intramolecular Hbond substituents is 2. The van der Waals surface area contributed by atoms with Gasteiger partial charge < -0.3 is 10.2 Å². The Labute approximate surface area is 146 Å². The molecule has 0 atom stereocenters. The predicted octanol–water partition coefficient (Wildman–Crippen LogP) is 3.78. The first-order valence-electron chi connectivity index (χ1n) is 7.09. The SMILES string of the molecule is O=C(N/N=C\c1ccc(O)c(Br)c1)c1ccc2ccccc2c1O. The van der Waals surface area contributed by atoms with Gasteiger partial charge in [0.15, 0.2) is 0 Å². The van der Waals surface area contributed by atoms with E-state index in [0.29, 0.717) is 15.4 Å². The van der Waals surface area contributed by atoms with Gasteiger partial charge in [-0.3, -0.25) is 4.79 Å². The molecule has 0 saturated carbocycles. The summed E-state index contributed by atoms with van der Waals surface area (Å²) in [5.41, 5.74) is 3.23. The largest absolute Gasteiger partial charge is 0.507 e. The van der Waals surface area contributed by atoms with E-state index in [1.807, 2.05) is 12.1 Å². The molecular formula is C18H13BrN2O3. The van der Waals surface area contributed by atoms with Gasteiger partial charge in [0.1, 0.15) is 11.5 Å². The normalized spacial score (nSPS) is 11.0. The van der Waals surface area contributed by atoms with Crippen LogP contribution in [0.1, 0.15) is 15.9 Å². The fourth-order valence-corrected chi connectivity index (χ4v) is 2.66. The fourth-order valence-electron chi connectivity index (χ4n) is 2.27. The first-order valence-corrected chi connectivity index (χ1v) is 7.88. The van der Waals surface area contributed by atoms with Crippen molar-refractivity contribution < 1.29 is 15.0 Å². The molecule has 120 valence electrons. The van der Waals surface area contributed by atoms with Crippen molar-refractivity contribution in [3.63, 3.8) is 0 Å². The van der Waals surface area contributed by atoms with Crippen LogP contribution in [-0.4, -0.2) is 22.3 Å². The number of aromatic hydroxyl groups is 2. The molecule has 0 heterocycles. The van der Waals surface area contributed by atoms with Crippen LogP contribution < -0.4 is 5.43 Å². The lowest BCUT2D eigenvalue weighted by Gasteiger charge is -2.06. The van der Waals surface area contributed by atoms with Crippen molar-refractivity contribution >= 4 is 38.8 Å². The van der Waals surface area contributed by atoms with Gasteiger partial charge in [0.25, 0.3) is 5.91 Å². The summed E-state index contributed by atoms with van der Waals surface area (Å²) < 4.78 is 0.532. The van der Waals surface area contributed by atoms with Crippen molar-refractivity contribution in [1.29, 1.82) is 0 Å². The Morgan fingerprint density at radius 3 is 2.67 bits per heavy atom. The highest BCUT2D eigenvalue weighted by molar-refractivity contribution is 9.10. The first-order chi connectivity index (χ1) is 11.6. The molecule has 5 nitrogen and oxygen atoms in total. The lowest BCUT2D eigenvalue weighted by molar-refractivity contribution is 0.0952. The van der Waals surface area contributed by atoms with Gasteiger partial charge in [-0.2, -0.15) is 5.10 Å². The molecule has 0 bridgehead atoms. The third-order valence-corrected chi connectivity index (χ3v) is 4.13. The fraction of sp³-hybridized carbons (Fsp3) is 0. The summed E-state index contributed by atoms with van der Waals surface area (Å²) in [6, 6.07) is 15.4. The molecule has 0 aliphatic rings. The molecule has 0 spiro atoms. The Morgan fingerprint density at radius 2 is 1.88 bits per heavy atom. The van der Waals surface area contributed by atoms with Crippen LogP contribution in [0.5, 0.6) is 11.5 Å². The summed E-state index contributed by atoms with van der Waals surface area (Å²) in [5.74, 6) is -0.460. The molecule has 24 heavy (non-hydrogen) atoms. The number of rotatable bonds is 3. The third-order valence-electron chi connectivity index (χ3n) is 3.50. The average molecular weight is 385 g/mol. The number of nitrogens with zero attached hydrogens (tertiary/aromatic N) is 1. The Bertz CT molecular complexity index is 954. The summed E-state index contributed by atoms with van der Waals surface area (Å²) in [5, 5.41) is 25.0. The molecule has 1 amide bonds. The van der Waals surface area contributed by atoms with Crippen LogP contribution in [0, 0.1) is 0 Å². The highest BCUT2D eigenvalue weighted by Gasteiger charge is 2.12. The zero-order valence-corrected chi connectivity index (χ0v) is 14.0. The van der Waals surface area contributed by atoms with E-state index >= 15 is 0 Å². The molecule has 0 unspecified atom stereocenters. The number of phenols is 2. The van der Waals surface area contributed by atoms with Crippen molar-refractivity contribution in [2.45, 2.75) is 0 Å². The van der Waals surface area contributed by atoms with Gasteiger partial charge in [0.05, 0.1) is 16.3 Å². The van der Waals surface area contributed by atoms with Gasteiger partial charge in [-0.25, -0.2) is 5.43 Å². The van der Waals surface area contributed by atoms with Gasteiger partial charge in [0, 0.05) is 5.39 Å². The first kappa shape index (κ1) is 16.0. The zero-order chi connectivity index (χ0) is 17.1. The number of benzene rings is 3.